The Morgan fingerprint density at radius 1 is 1.53 bits per heavy atom. The van der Waals surface area contributed by atoms with Crippen LogP contribution >= 0.6 is 0 Å². The van der Waals surface area contributed by atoms with Crippen LogP contribution in [0.5, 0.6) is 0 Å². The van der Waals surface area contributed by atoms with Crippen LogP contribution in [0.15, 0.2) is 27.8 Å². The van der Waals surface area contributed by atoms with E-state index in [1.165, 1.54) is 6.07 Å². The number of rotatable bonds is 5. The van der Waals surface area contributed by atoms with Crippen molar-refractivity contribution in [2.75, 3.05) is 0 Å². The first-order chi connectivity index (χ1) is 8.94. The van der Waals surface area contributed by atoms with Crippen LogP contribution in [0.3, 0.4) is 0 Å². The minimum Gasteiger partial charge on any atom is -0.464 e. The van der Waals surface area contributed by atoms with E-state index in [1.54, 1.807) is 30.9 Å². The van der Waals surface area contributed by atoms with Gasteiger partial charge in [-0.25, -0.2) is 18.1 Å². The molecule has 0 atom stereocenters. The summed E-state index contributed by atoms with van der Waals surface area (Å²) in [4.78, 5) is 4.16. The summed E-state index contributed by atoms with van der Waals surface area (Å²) >= 11 is 0. The van der Waals surface area contributed by atoms with E-state index in [0.29, 0.717) is 17.3 Å². The highest BCUT2D eigenvalue weighted by atomic mass is 32.2. The van der Waals surface area contributed by atoms with Crippen molar-refractivity contribution in [2.24, 2.45) is 12.8 Å². The molecule has 0 unspecified atom stereocenters. The van der Waals surface area contributed by atoms with Gasteiger partial charge in [0, 0.05) is 25.5 Å². The molecule has 0 aliphatic rings. The zero-order chi connectivity index (χ0) is 14.0. The van der Waals surface area contributed by atoms with Gasteiger partial charge in [-0.05, 0) is 6.92 Å². The summed E-state index contributed by atoms with van der Waals surface area (Å²) in [5.74, 6) is 1.39. The average Bonchev–Trinajstić information content (AvgIpc) is 2.93. The highest BCUT2D eigenvalue weighted by Crippen LogP contribution is 2.19. The Morgan fingerprint density at radius 3 is 2.79 bits per heavy atom. The number of aromatic nitrogens is 2. The first-order valence-corrected chi connectivity index (χ1v) is 7.17. The molecule has 0 aliphatic heterocycles. The smallest absolute Gasteiger partial charge is 0.244 e. The van der Waals surface area contributed by atoms with Crippen molar-refractivity contribution in [2.45, 2.75) is 24.9 Å². The summed E-state index contributed by atoms with van der Waals surface area (Å²) in [6, 6.07) is 1.44. The molecule has 0 radical (unpaired) electrons. The van der Waals surface area contributed by atoms with Crippen LogP contribution in [0.25, 0.3) is 0 Å². The summed E-state index contributed by atoms with van der Waals surface area (Å²) < 4.78 is 33.8. The second-order valence-corrected chi connectivity index (χ2v) is 5.85. The molecule has 104 valence electrons. The molecule has 0 bridgehead atoms. The molecule has 7 nitrogen and oxygen atoms in total. The van der Waals surface area contributed by atoms with Crippen molar-refractivity contribution in [3.63, 3.8) is 0 Å². The Balaban J connectivity index is 2.18. The average molecular weight is 284 g/mol. The van der Waals surface area contributed by atoms with Crippen LogP contribution in [-0.2, 0) is 30.2 Å². The molecule has 2 rings (SSSR count). The molecule has 8 heteroatoms. The third kappa shape index (κ3) is 2.86. The topological polar surface area (TPSA) is 103 Å². The summed E-state index contributed by atoms with van der Waals surface area (Å²) in [7, 11) is -1.83. The quantitative estimate of drug-likeness (QED) is 0.819. The van der Waals surface area contributed by atoms with Crippen molar-refractivity contribution < 1.29 is 12.8 Å². The van der Waals surface area contributed by atoms with Crippen LogP contribution in [0, 0.1) is 6.92 Å². The molecule has 0 aromatic carbocycles. The second-order valence-electron chi connectivity index (χ2n) is 4.12. The molecular weight excluding hydrogens is 268 g/mol. The van der Waals surface area contributed by atoms with E-state index in [9.17, 15) is 8.42 Å². The summed E-state index contributed by atoms with van der Waals surface area (Å²) in [6.45, 7) is 1.87. The van der Waals surface area contributed by atoms with E-state index in [1.807, 2.05) is 0 Å². The third-order valence-corrected chi connectivity index (χ3v) is 4.26. The molecule has 0 saturated carbocycles. The van der Waals surface area contributed by atoms with Gasteiger partial charge in [-0.15, -0.1) is 0 Å². The molecule has 0 aliphatic carbocycles. The Labute approximate surface area is 111 Å². The van der Waals surface area contributed by atoms with Crippen LogP contribution < -0.4 is 10.5 Å². The van der Waals surface area contributed by atoms with Crippen molar-refractivity contribution in [1.82, 2.24) is 14.3 Å². The monoisotopic (exact) mass is 284 g/mol. The van der Waals surface area contributed by atoms with Crippen LogP contribution in [0.1, 0.15) is 17.3 Å². The molecule has 2 aromatic rings. The molecule has 2 aromatic heterocycles. The highest BCUT2D eigenvalue weighted by Gasteiger charge is 2.21. The minimum absolute atomic E-state index is 0.113. The number of hydrogen-bond acceptors (Lipinski definition) is 5. The fourth-order valence-corrected chi connectivity index (χ4v) is 2.88. The lowest BCUT2D eigenvalue weighted by Gasteiger charge is -2.05. The standard InChI is InChI=1S/C11H16N4O3S/c1-8-10(5-9(6-12)18-8)19(16,17)14-7-11-13-3-4-15(11)2/h3-5,14H,6-7,12H2,1-2H3. The Kier molecular flexibility index (Phi) is 3.74. The zero-order valence-corrected chi connectivity index (χ0v) is 11.6. The highest BCUT2D eigenvalue weighted by molar-refractivity contribution is 7.89. The molecule has 3 N–H and O–H groups in total. The van der Waals surface area contributed by atoms with Gasteiger partial charge in [0.15, 0.2) is 0 Å². The molecule has 0 spiro atoms. The number of nitrogens with two attached hydrogens (primary N) is 1. The van der Waals surface area contributed by atoms with Crippen molar-refractivity contribution >= 4 is 10.0 Å². The second kappa shape index (κ2) is 5.16. The third-order valence-electron chi connectivity index (χ3n) is 2.76. The summed E-state index contributed by atoms with van der Waals surface area (Å²) in [5, 5.41) is 0. The number of sulfonamides is 1. The van der Waals surface area contributed by atoms with Crippen molar-refractivity contribution in [3.8, 4) is 0 Å². The van der Waals surface area contributed by atoms with Gasteiger partial charge in [-0.3, -0.25) is 0 Å². The van der Waals surface area contributed by atoms with Gasteiger partial charge in [-0.1, -0.05) is 0 Å². The lowest BCUT2D eigenvalue weighted by Crippen LogP contribution is -2.24. The molecular formula is C11H16N4O3S. The Morgan fingerprint density at radius 2 is 2.26 bits per heavy atom. The van der Waals surface area contributed by atoms with Gasteiger partial charge < -0.3 is 14.7 Å². The lowest BCUT2D eigenvalue weighted by molar-refractivity contribution is 0.478. The van der Waals surface area contributed by atoms with E-state index >= 15 is 0 Å². The molecule has 0 amide bonds. The lowest BCUT2D eigenvalue weighted by atomic mass is 10.4. The van der Waals surface area contributed by atoms with E-state index in [-0.39, 0.29) is 18.0 Å². The normalized spacial score (nSPS) is 11.9. The number of nitrogens with zero attached hydrogens (tertiary/aromatic N) is 2. The number of imidazole rings is 1. The molecule has 0 fully saturated rings. The number of aryl methyl sites for hydroxylation is 2. The van der Waals surface area contributed by atoms with E-state index in [2.05, 4.69) is 9.71 Å². The van der Waals surface area contributed by atoms with Gasteiger partial charge >= 0.3 is 0 Å². The SMILES string of the molecule is Cc1oc(CN)cc1S(=O)(=O)NCc1nccn1C. The van der Waals surface area contributed by atoms with Crippen molar-refractivity contribution in [1.29, 1.82) is 0 Å². The Hall–Kier alpha value is -1.64. The van der Waals surface area contributed by atoms with Crippen LogP contribution in [-0.4, -0.2) is 18.0 Å². The van der Waals surface area contributed by atoms with Gasteiger partial charge in [0.2, 0.25) is 10.0 Å². The van der Waals surface area contributed by atoms with E-state index < -0.39 is 10.0 Å². The number of hydrogen-bond donors (Lipinski definition) is 2. The fourth-order valence-electron chi connectivity index (χ4n) is 1.70. The first kappa shape index (κ1) is 13.8. The minimum atomic E-state index is -3.63. The zero-order valence-electron chi connectivity index (χ0n) is 10.8. The van der Waals surface area contributed by atoms with Gasteiger partial charge in [0.05, 0.1) is 13.1 Å². The maximum atomic E-state index is 12.1. The van der Waals surface area contributed by atoms with Crippen LogP contribution in [0.2, 0.25) is 0 Å². The molecule has 19 heavy (non-hydrogen) atoms. The Bertz CT molecular complexity index is 672. The van der Waals surface area contributed by atoms with Crippen molar-refractivity contribution in [3.05, 3.63) is 35.8 Å². The number of nitrogens with one attached hydrogen (secondary N) is 1. The molecule has 0 saturated heterocycles. The first-order valence-electron chi connectivity index (χ1n) is 5.69. The predicted octanol–water partition coefficient (Wildman–Crippen LogP) is 0.259. The maximum Gasteiger partial charge on any atom is 0.244 e. The number of furan rings is 1. The van der Waals surface area contributed by atoms with Gasteiger partial charge in [0.25, 0.3) is 0 Å². The fraction of sp³-hybridized carbons (Fsp3) is 0.364. The predicted molar refractivity (Wildman–Crippen MR) is 68.6 cm³/mol. The summed E-state index contributed by atoms with van der Waals surface area (Å²) in [5.41, 5.74) is 5.42. The van der Waals surface area contributed by atoms with Gasteiger partial charge in [0.1, 0.15) is 22.2 Å². The van der Waals surface area contributed by atoms with E-state index in [4.69, 9.17) is 10.2 Å². The maximum absolute atomic E-state index is 12.1. The van der Waals surface area contributed by atoms with Crippen LogP contribution in [0.4, 0.5) is 0 Å². The largest absolute Gasteiger partial charge is 0.464 e. The molecule has 2 heterocycles. The van der Waals surface area contributed by atoms with E-state index in [0.717, 1.165) is 0 Å². The van der Waals surface area contributed by atoms with Gasteiger partial charge in [-0.2, -0.15) is 0 Å². The summed E-state index contributed by atoms with van der Waals surface area (Å²) in [6.07, 6.45) is 3.36.